The van der Waals surface area contributed by atoms with Crippen molar-refractivity contribution in [1.82, 2.24) is 15.2 Å². The van der Waals surface area contributed by atoms with E-state index in [1.807, 2.05) is 35.2 Å². The average molecular weight is 342 g/mol. The van der Waals surface area contributed by atoms with Crippen LogP contribution in [0, 0.1) is 0 Å². The Morgan fingerprint density at radius 1 is 1.14 bits per heavy atom. The van der Waals surface area contributed by atoms with E-state index < -0.39 is 0 Å². The van der Waals surface area contributed by atoms with E-state index in [4.69, 9.17) is 0 Å². The van der Waals surface area contributed by atoms with Gasteiger partial charge in [-0.1, -0.05) is 24.3 Å². The number of piperazine rings is 1. The van der Waals surface area contributed by atoms with E-state index in [0.29, 0.717) is 17.8 Å². The summed E-state index contributed by atoms with van der Waals surface area (Å²) in [4.78, 5) is 19.0. The van der Waals surface area contributed by atoms with Gasteiger partial charge in [-0.3, -0.25) is 9.78 Å². The van der Waals surface area contributed by atoms with Crippen LogP contribution in [0.5, 0.6) is 0 Å². The summed E-state index contributed by atoms with van der Waals surface area (Å²) in [5, 5.41) is 5.43. The number of nitrogens with zero attached hydrogens (tertiary/aromatic N) is 2. The molecule has 1 aliphatic heterocycles. The number of benzene rings is 1. The first kappa shape index (κ1) is 18.7. The van der Waals surface area contributed by atoms with Crippen molar-refractivity contribution in [2.24, 2.45) is 0 Å². The molecule has 1 aliphatic rings. The summed E-state index contributed by atoms with van der Waals surface area (Å²) in [5.41, 5.74) is 0.560. The van der Waals surface area contributed by atoms with Crippen molar-refractivity contribution in [3.8, 4) is 0 Å². The van der Waals surface area contributed by atoms with Crippen molar-refractivity contribution in [2.45, 2.75) is 25.9 Å². The van der Waals surface area contributed by atoms with Gasteiger partial charge in [-0.05, 0) is 25.3 Å². The molecule has 120 valence electrons. The highest BCUT2D eigenvalue weighted by molar-refractivity contribution is 6.05. The fourth-order valence-electron chi connectivity index (χ4n) is 2.93. The molecule has 1 N–H and O–H groups in total. The van der Waals surface area contributed by atoms with Gasteiger partial charge in [-0.25, -0.2) is 0 Å². The first-order valence-electron chi connectivity index (χ1n) is 7.04. The van der Waals surface area contributed by atoms with Gasteiger partial charge in [-0.15, -0.1) is 24.8 Å². The largest absolute Gasteiger partial charge is 0.334 e. The molecule has 0 spiro atoms. The van der Waals surface area contributed by atoms with Crippen molar-refractivity contribution >= 4 is 41.5 Å². The zero-order valence-electron chi connectivity index (χ0n) is 12.7. The van der Waals surface area contributed by atoms with Crippen LogP contribution >= 0.6 is 24.8 Å². The summed E-state index contributed by atoms with van der Waals surface area (Å²) in [6.45, 7) is 5.67. The Hall–Kier alpha value is -1.36. The highest BCUT2D eigenvalue weighted by Crippen LogP contribution is 2.19. The number of hydrogen-bond acceptors (Lipinski definition) is 3. The molecule has 4 nitrogen and oxygen atoms in total. The molecule has 0 saturated carbocycles. The third kappa shape index (κ3) is 3.69. The van der Waals surface area contributed by atoms with Gasteiger partial charge in [-0.2, -0.15) is 0 Å². The lowest BCUT2D eigenvalue weighted by atomic mass is 10.1. The Morgan fingerprint density at radius 2 is 1.77 bits per heavy atom. The second-order valence-corrected chi connectivity index (χ2v) is 5.56. The van der Waals surface area contributed by atoms with Crippen molar-refractivity contribution < 1.29 is 4.79 Å². The Kier molecular flexibility index (Phi) is 6.60. The Morgan fingerprint density at radius 3 is 2.45 bits per heavy atom. The molecule has 2 aromatic rings. The monoisotopic (exact) mass is 341 g/mol. The number of aromatic nitrogens is 1. The van der Waals surface area contributed by atoms with Crippen LogP contribution in [0.1, 0.15) is 24.3 Å². The van der Waals surface area contributed by atoms with Gasteiger partial charge in [0.05, 0.1) is 0 Å². The second-order valence-electron chi connectivity index (χ2n) is 5.56. The first-order chi connectivity index (χ1) is 9.65. The van der Waals surface area contributed by atoms with Gasteiger partial charge in [0.2, 0.25) is 0 Å². The molecule has 1 saturated heterocycles. The summed E-state index contributed by atoms with van der Waals surface area (Å²) in [6, 6.07) is 10.5. The lowest BCUT2D eigenvalue weighted by Gasteiger charge is -2.36. The molecule has 0 radical (unpaired) electrons. The van der Waals surface area contributed by atoms with Crippen LogP contribution in [-0.4, -0.2) is 41.0 Å². The summed E-state index contributed by atoms with van der Waals surface area (Å²) in [5.74, 6) is 0.0296. The maximum atomic E-state index is 12.7. The third-order valence-electron chi connectivity index (χ3n) is 3.72. The molecular formula is C16H21Cl2N3O. The van der Waals surface area contributed by atoms with Gasteiger partial charge in [0, 0.05) is 36.8 Å². The summed E-state index contributed by atoms with van der Waals surface area (Å²) in [7, 11) is 0. The number of pyridine rings is 1. The number of carbonyl (C=O) groups excluding carboxylic acids is 1. The van der Waals surface area contributed by atoms with Crippen molar-refractivity contribution in [1.29, 1.82) is 0 Å². The number of halogens is 2. The fraction of sp³-hybridized carbons (Fsp3) is 0.375. The lowest BCUT2D eigenvalue weighted by molar-refractivity contribution is 0.0670. The van der Waals surface area contributed by atoms with E-state index in [9.17, 15) is 4.79 Å². The zero-order chi connectivity index (χ0) is 14.1. The standard InChI is InChI=1S/C16H19N3O.2ClH/c1-11-9-19(10-12(2)18-11)16(20)15-14-6-4-3-5-13(14)7-8-17-15;;/h3-8,11-12,18H,9-10H2,1-2H3;2*1H. The van der Waals surface area contributed by atoms with E-state index in [0.717, 1.165) is 23.9 Å². The minimum atomic E-state index is 0. The lowest BCUT2D eigenvalue weighted by Crippen LogP contribution is -2.55. The number of fused-ring (bicyclic) bond motifs is 1. The maximum absolute atomic E-state index is 12.7. The molecule has 0 aliphatic carbocycles. The fourth-order valence-corrected chi connectivity index (χ4v) is 2.93. The Balaban J connectivity index is 0.00000121. The average Bonchev–Trinajstić information content (AvgIpc) is 2.45. The molecule has 6 heteroatoms. The number of hydrogen-bond donors (Lipinski definition) is 1. The molecule has 1 aromatic carbocycles. The minimum Gasteiger partial charge on any atom is -0.334 e. The maximum Gasteiger partial charge on any atom is 0.273 e. The van der Waals surface area contributed by atoms with E-state index >= 15 is 0 Å². The molecule has 1 amide bonds. The number of amides is 1. The predicted molar refractivity (Wildman–Crippen MR) is 94.2 cm³/mol. The van der Waals surface area contributed by atoms with Crippen LogP contribution in [0.15, 0.2) is 36.5 Å². The minimum absolute atomic E-state index is 0. The van der Waals surface area contributed by atoms with Crippen LogP contribution in [0.25, 0.3) is 10.8 Å². The molecule has 2 unspecified atom stereocenters. The molecule has 1 fully saturated rings. The Labute approximate surface area is 143 Å². The number of carbonyl (C=O) groups is 1. The smallest absolute Gasteiger partial charge is 0.273 e. The third-order valence-corrected chi connectivity index (χ3v) is 3.72. The molecule has 0 bridgehead atoms. The summed E-state index contributed by atoms with van der Waals surface area (Å²) >= 11 is 0. The van der Waals surface area contributed by atoms with Crippen LogP contribution in [0.2, 0.25) is 0 Å². The van der Waals surface area contributed by atoms with Crippen molar-refractivity contribution in [2.75, 3.05) is 13.1 Å². The zero-order valence-corrected chi connectivity index (χ0v) is 14.3. The number of rotatable bonds is 1. The highest BCUT2D eigenvalue weighted by atomic mass is 35.5. The van der Waals surface area contributed by atoms with Crippen LogP contribution in [0.4, 0.5) is 0 Å². The van der Waals surface area contributed by atoms with E-state index in [1.165, 1.54) is 0 Å². The topological polar surface area (TPSA) is 45.2 Å². The Bertz CT molecular complexity index is 635. The molecule has 3 rings (SSSR count). The molecule has 22 heavy (non-hydrogen) atoms. The van der Waals surface area contributed by atoms with Crippen LogP contribution in [-0.2, 0) is 0 Å². The van der Waals surface area contributed by atoms with E-state index in [2.05, 4.69) is 24.1 Å². The van der Waals surface area contributed by atoms with Gasteiger partial charge in [0.25, 0.3) is 5.91 Å². The second kappa shape index (κ2) is 7.77. The quantitative estimate of drug-likeness (QED) is 0.867. The van der Waals surface area contributed by atoms with Gasteiger partial charge < -0.3 is 10.2 Å². The molecular weight excluding hydrogens is 321 g/mol. The van der Waals surface area contributed by atoms with Gasteiger partial charge in [0.15, 0.2) is 0 Å². The highest BCUT2D eigenvalue weighted by Gasteiger charge is 2.27. The SMILES string of the molecule is CC1CN(C(=O)c2nccc3ccccc23)CC(C)N1.Cl.Cl. The van der Waals surface area contributed by atoms with E-state index in [-0.39, 0.29) is 30.7 Å². The molecule has 2 atom stereocenters. The van der Waals surface area contributed by atoms with Gasteiger partial charge in [0.1, 0.15) is 5.69 Å². The number of nitrogens with one attached hydrogen (secondary N) is 1. The van der Waals surface area contributed by atoms with Crippen molar-refractivity contribution in [3.05, 3.63) is 42.2 Å². The van der Waals surface area contributed by atoms with Crippen molar-refractivity contribution in [3.63, 3.8) is 0 Å². The van der Waals surface area contributed by atoms with Crippen LogP contribution in [0.3, 0.4) is 0 Å². The predicted octanol–water partition coefficient (Wildman–Crippen LogP) is 2.90. The molecule has 2 heterocycles. The molecule has 1 aromatic heterocycles. The van der Waals surface area contributed by atoms with Crippen LogP contribution < -0.4 is 5.32 Å². The summed E-state index contributed by atoms with van der Waals surface area (Å²) in [6.07, 6.45) is 1.71. The first-order valence-corrected chi connectivity index (χ1v) is 7.04. The van der Waals surface area contributed by atoms with Gasteiger partial charge >= 0.3 is 0 Å². The normalized spacial score (nSPS) is 20.9. The van der Waals surface area contributed by atoms with E-state index in [1.54, 1.807) is 6.20 Å². The summed E-state index contributed by atoms with van der Waals surface area (Å²) < 4.78 is 0.